The van der Waals surface area contributed by atoms with Crippen LogP contribution < -0.4 is 5.32 Å². The van der Waals surface area contributed by atoms with Crippen LogP contribution in [0.15, 0.2) is 58.2 Å². The minimum Gasteiger partial charge on any atom is -0.411 e. The van der Waals surface area contributed by atoms with Crippen molar-refractivity contribution in [3.63, 3.8) is 0 Å². The van der Waals surface area contributed by atoms with Crippen molar-refractivity contribution < 1.29 is 22.4 Å². The van der Waals surface area contributed by atoms with Gasteiger partial charge in [-0.15, -0.1) is 10.2 Å². The quantitative estimate of drug-likeness (QED) is 0.586. The van der Waals surface area contributed by atoms with E-state index in [1.165, 1.54) is 0 Å². The van der Waals surface area contributed by atoms with E-state index in [-0.39, 0.29) is 21.7 Å². The van der Waals surface area contributed by atoms with Gasteiger partial charge < -0.3 is 9.73 Å². The average molecular weight is 414 g/mol. The van der Waals surface area contributed by atoms with Gasteiger partial charge in [-0.3, -0.25) is 4.79 Å². The second-order valence-corrected chi connectivity index (χ2v) is 6.60. The molecule has 3 aromatic rings. The number of hydrogen-bond donors (Lipinski definition) is 1. The maximum atomic E-state index is 12.6. The second kappa shape index (κ2) is 8.01. The zero-order chi connectivity index (χ0) is 19.4. The van der Waals surface area contributed by atoms with Crippen molar-refractivity contribution in [3.05, 3.63) is 59.1 Å². The summed E-state index contributed by atoms with van der Waals surface area (Å²) in [4.78, 5) is 12.0. The lowest BCUT2D eigenvalue weighted by atomic mass is 10.2. The number of benzene rings is 2. The molecule has 140 valence electrons. The number of carbonyl (C=O) groups excluding carboxylic acids is 1. The summed E-state index contributed by atoms with van der Waals surface area (Å²) in [6.07, 6.45) is -4.50. The van der Waals surface area contributed by atoms with Crippen LogP contribution in [0, 0.1) is 0 Å². The third-order valence-corrected chi connectivity index (χ3v) is 4.46. The first-order valence-electron chi connectivity index (χ1n) is 7.51. The van der Waals surface area contributed by atoms with E-state index in [1.54, 1.807) is 12.1 Å². The summed E-state index contributed by atoms with van der Waals surface area (Å²) >= 11 is 6.81. The van der Waals surface area contributed by atoms with Crippen molar-refractivity contribution in [2.75, 3.05) is 11.1 Å². The Balaban J connectivity index is 1.58. The molecule has 0 aliphatic carbocycles. The summed E-state index contributed by atoms with van der Waals surface area (Å²) in [5, 5.41) is 10.2. The molecule has 3 rings (SSSR count). The molecule has 0 aliphatic heterocycles. The maximum absolute atomic E-state index is 12.6. The van der Waals surface area contributed by atoms with Gasteiger partial charge >= 0.3 is 6.18 Å². The molecule has 0 bridgehead atoms. The molecule has 5 nitrogen and oxygen atoms in total. The summed E-state index contributed by atoms with van der Waals surface area (Å²) in [6, 6.07) is 11.8. The van der Waals surface area contributed by atoms with Crippen LogP contribution in [-0.2, 0) is 11.0 Å². The lowest BCUT2D eigenvalue weighted by molar-refractivity contribution is -0.137. The molecule has 0 aliphatic rings. The Kier molecular flexibility index (Phi) is 5.71. The number of rotatable bonds is 5. The monoisotopic (exact) mass is 413 g/mol. The van der Waals surface area contributed by atoms with Crippen LogP contribution in [0.3, 0.4) is 0 Å². The lowest BCUT2D eigenvalue weighted by Gasteiger charge is -2.10. The number of amides is 1. The number of aromatic nitrogens is 2. The first kappa shape index (κ1) is 19.2. The van der Waals surface area contributed by atoms with Gasteiger partial charge in [-0.25, -0.2) is 0 Å². The predicted molar refractivity (Wildman–Crippen MR) is 95.5 cm³/mol. The van der Waals surface area contributed by atoms with Gasteiger partial charge in [-0.05, 0) is 30.3 Å². The number of alkyl halides is 3. The third kappa shape index (κ3) is 5.01. The number of thioether (sulfide) groups is 1. The zero-order valence-electron chi connectivity index (χ0n) is 13.5. The summed E-state index contributed by atoms with van der Waals surface area (Å²) in [5.41, 5.74) is -0.0530. The third-order valence-electron chi connectivity index (χ3n) is 3.32. The Labute approximate surface area is 160 Å². The maximum Gasteiger partial charge on any atom is 0.416 e. The van der Waals surface area contributed by atoms with E-state index in [2.05, 4.69) is 15.5 Å². The summed E-state index contributed by atoms with van der Waals surface area (Å²) in [5.74, 6) is -0.223. The topological polar surface area (TPSA) is 68.0 Å². The van der Waals surface area contributed by atoms with Crippen molar-refractivity contribution >= 4 is 35.0 Å². The number of halogens is 4. The van der Waals surface area contributed by atoms with E-state index in [9.17, 15) is 18.0 Å². The molecule has 1 N–H and O–H groups in total. The molecular weight excluding hydrogens is 403 g/mol. The summed E-state index contributed by atoms with van der Waals surface area (Å²) in [6.45, 7) is 0. The number of nitrogens with one attached hydrogen (secondary N) is 1. The Morgan fingerprint density at radius 1 is 1.15 bits per heavy atom. The second-order valence-electron chi connectivity index (χ2n) is 5.27. The number of anilines is 1. The van der Waals surface area contributed by atoms with Crippen molar-refractivity contribution in [1.29, 1.82) is 0 Å². The van der Waals surface area contributed by atoms with Gasteiger partial charge in [0.2, 0.25) is 11.8 Å². The molecule has 1 aromatic heterocycles. The minimum atomic E-state index is -4.50. The fourth-order valence-corrected chi connectivity index (χ4v) is 2.86. The molecule has 2 aromatic carbocycles. The first-order valence-corrected chi connectivity index (χ1v) is 8.87. The van der Waals surface area contributed by atoms with Gasteiger partial charge in [-0.1, -0.05) is 41.6 Å². The van der Waals surface area contributed by atoms with Crippen molar-refractivity contribution in [2.45, 2.75) is 11.4 Å². The van der Waals surface area contributed by atoms with Crippen LogP contribution in [-0.4, -0.2) is 21.9 Å². The molecule has 10 heteroatoms. The van der Waals surface area contributed by atoms with Crippen LogP contribution in [0.2, 0.25) is 5.02 Å². The van der Waals surface area contributed by atoms with Gasteiger partial charge in [0.1, 0.15) is 0 Å². The summed E-state index contributed by atoms with van der Waals surface area (Å²) < 4.78 is 43.3. The normalized spacial score (nSPS) is 11.4. The molecule has 0 saturated carbocycles. The fraction of sp³-hybridized carbons (Fsp3) is 0.118. The SMILES string of the molecule is O=C(CSc1nnc(-c2ccccc2)o1)Nc1ccc(C(F)(F)F)cc1Cl. The van der Waals surface area contributed by atoms with E-state index in [0.717, 1.165) is 35.5 Å². The van der Waals surface area contributed by atoms with E-state index < -0.39 is 17.6 Å². The molecule has 1 heterocycles. The lowest BCUT2D eigenvalue weighted by Crippen LogP contribution is -2.15. The molecule has 0 atom stereocenters. The van der Waals surface area contributed by atoms with Crippen molar-refractivity contribution in [1.82, 2.24) is 10.2 Å². The predicted octanol–water partition coefficient (Wildman–Crippen LogP) is 5.14. The van der Waals surface area contributed by atoms with Crippen LogP contribution in [0.5, 0.6) is 0 Å². The molecule has 0 saturated heterocycles. The van der Waals surface area contributed by atoms with E-state index in [1.807, 2.05) is 18.2 Å². The summed E-state index contributed by atoms with van der Waals surface area (Å²) in [7, 11) is 0. The largest absolute Gasteiger partial charge is 0.416 e. The first-order chi connectivity index (χ1) is 12.8. The van der Waals surface area contributed by atoms with Gasteiger partial charge in [0.25, 0.3) is 5.22 Å². The van der Waals surface area contributed by atoms with E-state index in [0.29, 0.717) is 5.89 Å². The Morgan fingerprint density at radius 3 is 2.56 bits per heavy atom. The highest BCUT2D eigenvalue weighted by atomic mass is 35.5. The molecule has 0 spiro atoms. The van der Waals surface area contributed by atoms with Gasteiger partial charge in [0.05, 0.1) is 22.0 Å². The molecule has 27 heavy (non-hydrogen) atoms. The molecular formula is C17H11ClF3N3O2S. The van der Waals surface area contributed by atoms with Crippen LogP contribution in [0.25, 0.3) is 11.5 Å². The van der Waals surface area contributed by atoms with Gasteiger partial charge in [0, 0.05) is 5.56 Å². The Morgan fingerprint density at radius 2 is 1.89 bits per heavy atom. The smallest absolute Gasteiger partial charge is 0.411 e. The van der Waals surface area contributed by atoms with Gasteiger partial charge in [-0.2, -0.15) is 13.2 Å². The van der Waals surface area contributed by atoms with E-state index in [4.69, 9.17) is 16.0 Å². The molecule has 0 fully saturated rings. The molecule has 0 radical (unpaired) electrons. The van der Waals surface area contributed by atoms with Crippen LogP contribution in [0.1, 0.15) is 5.56 Å². The van der Waals surface area contributed by atoms with Crippen LogP contribution >= 0.6 is 23.4 Å². The number of nitrogens with zero attached hydrogens (tertiary/aromatic N) is 2. The van der Waals surface area contributed by atoms with Gasteiger partial charge in [0.15, 0.2) is 0 Å². The average Bonchev–Trinajstić information content (AvgIpc) is 3.11. The highest BCUT2D eigenvalue weighted by molar-refractivity contribution is 7.99. The van der Waals surface area contributed by atoms with Crippen LogP contribution in [0.4, 0.5) is 18.9 Å². The molecule has 0 unspecified atom stereocenters. The number of carbonyl (C=O) groups is 1. The standard InChI is InChI=1S/C17H11ClF3N3O2S/c18-12-8-11(17(19,20)21)6-7-13(12)22-14(25)9-27-16-24-23-15(26-16)10-4-2-1-3-5-10/h1-8H,9H2,(H,22,25). The molecule has 1 amide bonds. The van der Waals surface area contributed by atoms with Crippen molar-refractivity contribution in [2.24, 2.45) is 0 Å². The van der Waals surface area contributed by atoms with Crippen molar-refractivity contribution in [3.8, 4) is 11.5 Å². The Hall–Kier alpha value is -2.52. The Bertz CT molecular complexity index is 948. The highest BCUT2D eigenvalue weighted by Crippen LogP contribution is 2.33. The zero-order valence-corrected chi connectivity index (χ0v) is 15.0. The fourth-order valence-electron chi connectivity index (χ4n) is 2.07. The van der Waals surface area contributed by atoms with E-state index >= 15 is 0 Å². The number of hydrogen-bond acceptors (Lipinski definition) is 5. The minimum absolute atomic E-state index is 0.0756. The highest BCUT2D eigenvalue weighted by Gasteiger charge is 2.31.